The molecular weight excluding hydrogens is 404 g/mol. The standard InChI is InChI=1S/C21H25ClN6O2/c1-13(2)27-10-8-16(9-11-27)28-19-17(12-23-28)18(25-20(22)26-19)14-4-6-15(7-5-14)24-21(29)30-3/h4-7,12-13,16H,8-11H2,1-3H3,(H,24,29). The molecule has 1 aliphatic rings. The molecule has 0 atom stereocenters. The van der Waals surface area contributed by atoms with E-state index in [4.69, 9.17) is 11.6 Å². The molecule has 0 aliphatic carbocycles. The fourth-order valence-electron chi connectivity index (χ4n) is 3.91. The molecule has 9 heteroatoms. The lowest BCUT2D eigenvalue weighted by Gasteiger charge is -2.34. The summed E-state index contributed by atoms with van der Waals surface area (Å²) in [6, 6.07) is 8.19. The fraction of sp³-hybridized carbons (Fsp3) is 0.429. The van der Waals surface area contributed by atoms with Gasteiger partial charge in [-0.2, -0.15) is 10.1 Å². The second-order valence-corrected chi connectivity index (χ2v) is 8.06. The number of aromatic nitrogens is 4. The van der Waals surface area contributed by atoms with E-state index < -0.39 is 6.09 Å². The largest absolute Gasteiger partial charge is 0.453 e. The van der Waals surface area contributed by atoms with Crippen LogP contribution in [0.25, 0.3) is 22.3 Å². The topological polar surface area (TPSA) is 85.2 Å². The van der Waals surface area contributed by atoms with Crippen molar-refractivity contribution in [3.05, 3.63) is 35.7 Å². The molecule has 0 saturated carbocycles. The molecule has 1 aliphatic heterocycles. The third-order valence-corrected chi connectivity index (χ3v) is 5.76. The highest BCUT2D eigenvalue weighted by molar-refractivity contribution is 6.28. The molecule has 1 aromatic carbocycles. The highest BCUT2D eigenvalue weighted by Gasteiger charge is 2.25. The summed E-state index contributed by atoms with van der Waals surface area (Å²) in [6.07, 6.45) is 3.36. The van der Waals surface area contributed by atoms with Gasteiger partial charge in [0.15, 0.2) is 5.65 Å². The minimum atomic E-state index is -0.514. The van der Waals surface area contributed by atoms with Crippen LogP contribution in [0.15, 0.2) is 30.5 Å². The van der Waals surface area contributed by atoms with Gasteiger partial charge in [-0.1, -0.05) is 12.1 Å². The number of nitrogens with one attached hydrogen (secondary N) is 1. The summed E-state index contributed by atoms with van der Waals surface area (Å²) in [6.45, 7) is 6.55. The third-order valence-electron chi connectivity index (χ3n) is 5.59. The van der Waals surface area contributed by atoms with Crippen molar-refractivity contribution >= 4 is 34.4 Å². The molecule has 1 N–H and O–H groups in total. The van der Waals surface area contributed by atoms with E-state index in [1.54, 1.807) is 12.1 Å². The van der Waals surface area contributed by atoms with E-state index in [1.165, 1.54) is 7.11 Å². The molecule has 3 heterocycles. The first kappa shape index (κ1) is 20.6. The van der Waals surface area contributed by atoms with E-state index in [0.717, 1.165) is 48.2 Å². The second-order valence-electron chi connectivity index (χ2n) is 7.72. The Kier molecular flexibility index (Phi) is 5.87. The molecule has 158 valence electrons. The quantitative estimate of drug-likeness (QED) is 0.621. The monoisotopic (exact) mass is 428 g/mol. The number of amides is 1. The highest BCUT2D eigenvalue weighted by Crippen LogP contribution is 2.32. The van der Waals surface area contributed by atoms with Crippen molar-refractivity contribution in [2.24, 2.45) is 0 Å². The Morgan fingerprint density at radius 1 is 1.20 bits per heavy atom. The lowest BCUT2D eigenvalue weighted by molar-refractivity contribution is 0.148. The second kappa shape index (κ2) is 8.57. The summed E-state index contributed by atoms with van der Waals surface area (Å²) in [5.41, 5.74) is 2.98. The molecule has 0 bridgehead atoms. The van der Waals surface area contributed by atoms with Crippen LogP contribution in [0.5, 0.6) is 0 Å². The number of anilines is 1. The van der Waals surface area contributed by atoms with Crippen molar-refractivity contribution in [1.82, 2.24) is 24.6 Å². The number of rotatable bonds is 4. The van der Waals surface area contributed by atoms with E-state index in [0.29, 0.717) is 17.8 Å². The third kappa shape index (κ3) is 4.11. The first-order chi connectivity index (χ1) is 14.5. The zero-order valence-corrected chi connectivity index (χ0v) is 18.1. The predicted molar refractivity (Wildman–Crippen MR) is 117 cm³/mol. The number of fused-ring (bicyclic) bond motifs is 1. The summed E-state index contributed by atoms with van der Waals surface area (Å²) in [4.78, 5) is 22.8. The van der Waals surface area contributed by atoms with Crippen LogP contribution in [0.4, 0.5) is 10.5 Å². The van der Waals surface area contributed by atoms with Crippen LogP contribution < -0.4 is 5.32 Å². The zero-order valence-electron chi connectivity index (χ0n) is 17.3. The van der Waals surface area contributed by atoms with Gasteiger partial charge in [0.1, 0.15) is 0 Å². The minimum absolute atomic E-state index is 0.190. The number of hydrogen-bond acceptors (Lipinski definition) is 6. The van der Waals surface area contributed by atoms with Gasteiger partial charge in [-0.3, -0.25) is 5.32 Å². The zero-order chi connectivity index (χ0) is 21.3. The van der Waals surface area contributed by atoms with Gasteiger partial charge < -0.3 is 9.64 Å². The van der Waals surface area contributed by atoms with Gasteiger partial charge in [-0.25, -0.2) is 14.5 Å². The number of nitrogens with zero attached hydrogens (tertiary/aromatic N) is 5. The Hall–Kier alpha value is -2.71. The van der Waals surface area contributed by atoms with Crippen LogP contribution in [-0.4, -0.2) is 57.0 Å². The van der Waals surface area contributed by atoms with Crippen molar-refractivity contribution in [2.45, 2.75) is 38.8 Å². The molecule has 1 amide bonds. The maximum absolute atomic E-state index is 11.4. The maximum atomic E-state index is 11.4. The van der Waals surface area contributed by atoms with Crippen molar-refractivity contribution in [3.63, 3.8) is 0 Å². The van der Waals surface area contributed by atoms with Crippen molar-refractivity contribution < 1.29 is 9.53 Å². The number of likely N-dealkylation sites (tertiary alicyclic amines) is 1. The van der Waals surface area contributed by atoms with Gasteiger partial charge in [0.25, 0.3) is 0 Å². The Balaban J connectivity index is 1.64. The Bertz CT molecular complexity index is 1040. The lowest BCUT2D eigenvalue weighted by atomic mass is 10.0. The summed E-state index contributed by atoms with van der Waals surface area (Å²) < 4.78 is 6.62. The van der Waals surface area contributed by atoms with Gasteiger partial charge in [0.05, 0.1) is 30.4 Å². The van der Waals surface area contributed by atoms with E-state index in [2.05, 4.69) is 43.9 Å². The number of ether oxygens (including phenoxy) is 1. The molecule has 3 aromatic rings. The van der Waals surface area contributed by atoms with E-state index in [-0.39, 0.29) is 5.28 Å². The minimum Gasteiger partial charge on any atom is -0.453 e. The van der Waals surface area contributed by atoms with E-state index >= 15 is 0 Å². The highest BCUT2D eigenvalue weighted by atomic mass is 35.5. The van der Waals surface area contributed by atoms with Gasteiger partial charge in [0, 0.05) is 30.4 Å². The van der Waals surface area contributed by atoms with Crippen LogP contribution in [0.2, 0.25) is 5.28 Å². The SMILES string of the molecule is COC(=O)Nc1ccc(-c2nc(Cl)nc3c2cnn3C2CCN(C(C)C)CC2)cc1. The van der Waals surface area contributed by atoms with Gasteiger partial charge in [0.2, 0.25) is 5.28 Å². The summed E-state index contributed by atoms with van der Waals surface area (Å²) in [5, 5.41) is 8.34. The first-order valence-electron chi connectivity index (χ1n) is 10.1. The molecule has 1 fully saturated rings. The van der Waals surface area contributed by atoms with Crippen molar-refractivity contribution in [2.75, 3.05) is 25.5 Å². The van der Waals surface area contributed by atoms with Crippen LogP contribution in [0, 0.1) is 0 Å². The van der Waals surface area contributed by atoms with Crippen molar-refractivity contribution in [1.29, 1.82) is 0 Å². The fourth-order valence-corrected chi connectivity index (χ4v) is 4.08. The van der Waals surface area contributed by atoms with Crippen LogP contribution in [-0.2, 0) is 4.74 Å². The molecule has 30 heavy (non-hydrogen) atoms. The molecule has 4 rings (SSSR count). The van der Waals surface area contributed by atoms with Crippen molar-refractivity contribution in [3.8, 4) is 11.3 Å². The number of carbonyl (C=O) groups excluding carboxylic acids is 1. The lowest BCUT2D eigenvalue weighted by Crippen LogP contribution is -2.39. The smallest absolute Gasteiger partial charge is 0.411 e. The van der Waals surface area contributed by atoms with Crippen LogP contribution in [0.1, 0.15) is 32.7 Å². The van der Waals surface area contributed by atoms with Gasteiger partial charge in [-0.15, -0.1) is 0 Å². The molecule has 0 spiro atoms. The number of carbonyl (C=O) groups is 1. The molecule has 8 nitrogen and oxygen atoms in total. The Morgan fingerprint density at radius 3 is 2.53 bits per heavy atom. The first-order valence-corrected chi connectivity index (χ1v) is 10.4. The molecule has 0 radical (unpaired) electrons. The average Bonchev–Trinajstić information content (AvgIpc) is 3.17. The van der Waals surface area contributed by atoms with E-state index in [1.807, 2.05) is 23.0 Å². The summed E-state index contributed by atoms with van der Waals surface area (Å²) in [7, 11) is 1.33. The average molecular weight is 429 g/mol. The number of benzene rings is 1. The Morgan fingerprint density at radius 2 is 1.90 bits per heavy atom. The number of piperidine rings is 1. The summed E-state index contributed by atoms with van der Waals surface area (Å²) in [5.74, 6) is 0. The van der Waals surface area contributed by atoms with Crippen LogP contribution >= 0.6 is 11.6 Å². The number of methoxy groups -OCH3 is 1. The van der Waals surface area contributed by atoms with Crippen LogP contribution in [0.3, 0.4) is 0 Å². The maximum Gasteiger partial charge on any atom is 0.411 e. The normalized spacial score (nSPS) is 15.6. The van der Waals surface area contributed by atoms with E-state index in [9.17, 15) is 4.79 Å². The molecule has 2 aromatic heterocycles. The molecule has 0 unspecified atom stereocenters. The Labute approximate surface area is 180 Å². The molecule has 1 saturated heterocycles. The summed E-state index contributed by atoms with van der Waals surface area (Å²) >= 11 is 6.28. The number of halogens is 1. The molecular formula is C21H25ClN6O2. The van der Waals surface area contributed by atoms with Gasteiger partial charge >= 0.3 is 6.09 Å². The predicted octanol–water partition coefficient (Wildman–Crippen LogP) is 4.37. The number of hydrogen-bond donors (Lipinski definition) is 1. The van der Waals surface area contributed by atoms with Gasteiger partial charge in [-0.05, 0) is 50.4 Å².